The molecule has 0 aliphatic heterocycles. The minimum atomic E-state index is -0.688. The van der Waals surface area contributed by atoms with Crippen LogP contribution in [0.3, 0.4) is 0 Å². The second-order valence-corrected chi connectivity index (χ2v) is 5.26. The Kier molecular flexibility index (Phi) is 5.36. The summed E-state index contributed by atoms with van der Waals surface area (Å²) in [5, 5.41) is 12.5. The molecule has 0 saturated heterocycles. The number of carbonyl (C=O) groups is 1. The first-order chi connectivity index (χ1) is 8.81. The first kappa shape index (κ1) is 15.5. The van der Waals surface area contributed by atoms with Crippen molar-refractivity contribution < 1.29 is 14.6 Å². The Labute approximate surface area is 114 Å². The summed E-state index contributed by atoms with van der Waals surface area (Å²) in [6.45, 7) is 7.50. The summed E-state index contributed by atoms with van der Waals surface area (Å²) >= 11 is 0. The molecule has 0 fully saturated rings. The minimum Gasteiger partial charge on any atom is -0.492 e. The Balaban J connectivity index is 2.87. The normalized spacial score (nSPS) is 11.2. The van der Waals surface area contributed by atoms with Gasteiger partial charge in [-0.25, -0.2) is 0 Å². The molecule has 2 N–H and O–H groups in total. The maximum absolute atomic E-state index is 11.2. The molecule has 1 rings (SSSR count). The van der Waals surface area contributed by atoms with Crippen molar-refractivity contribution in [3.8, 4) is 5.75 Å². The molecule has 0 aliphatic carbocycles. The van der Waals surface area contributed by atoms with Gasteiger partial charge in [-0.1, -0.05) is 6.07 Å². The lowest BCUT2D eigenvalue weighted by Crippen LogP contribution is -2.19. The molecular formula is C15H23NO3. The molecule has 0 aliphatic rings. The summed E-state index contributed by atoms with van der Waals surface area (Å²) < 4.78 is 5.47. The highest BCUT2D eigenvalue weighted by Gasteiger charge is 2.13. The fourth-order valence-corrected chi connectivity index (χ4v) is 1.75. The first-order valence-electron chi connectivity index (χ1n) is 6.57. The Morgan fingerprint density at radius 2 is 2.11 bits per heavy atom. The van der Waals surface area contributed by atoms with Crippen molar-refractivity contribution in [3.05, 3.63) is 23.8 Å². The summed E-state index contributed by atoms with van der Waals surface area (Å²) in [7, 11) is 0. The number of aliphatic hydroxyl groups is 1. The number of nitrogens with one attached hydrogen (secondary N) is 1. The van der Waals surface area contributed by atoms with Gasteiger partial charge in [0.15, 0.2) is 0 Å². The SMILES string of the molecule is CCOc1ccc(CCC(C)(C)O)cc1NC(C)=O. The van der Waals surface area contributed by atoms with Gasteiger partial charge in [0.2, 0.25) is 5.91 Å². The lowest BCUT2D eigenvalue weighted by molar-refractivity contribution is -0.114. The van der Waals surface area contributed by atoms with E-state index in [1.54, 1.807) is 13.8 Å². The predicted molar refractivity (Wildman–Crippen MR) is 76.5 cm³/mol. The number of hydrogen-bond donors (Lipinski definition) is 2. The molecule has 4 heteroatoms. The average Bonchev–Trinajstić information content (AvgIpc) is 2.28. The third kappa shape index (κ3) is 5.75. The minimum absolute atomic E-state index is 0.124. The molecule has 0 atom stereocenters. The molecule has 106 valence electrons. The van der Waals surface area contributed by atoms with E-state index in [1.807, 2.05) is 25.1 Å². The van der Waals surface area contributed by atoms with Crippen molar-refractivity contribution in [1.82, 2.24) is 0 Å². The predicted octanol–water partition coefficient (Wildman–Crippen LogP) is 2.75. The van der Waals surface area contributed by atoms with E-state index in [4.69, 9.17) is 4.74 Å². The van der Waals surface area contributed by atoms with Gasteiger partial charge in [-0.05, 0) is 51.3 Å². The van der Waals surface area contributed by atoms with E-state index in [0.717, 1.165) is 12.0 Å². The fraction of sp³-hybridized carbons (Fsp3) is 0.533. The Bertz CT molecular complexity index is 436. The van der Waals surface area contributed by atoms with E-state index in [1.165, 1.54) is 6.92 Å². The second-order valence-electron chi connectivity index (χ2n) is 5.26. The van der Waals surface area contributed by atoms with Gasteiger partial charge in [0.1, 0.15) is 5.75 Å². The van der Waals surface area contributed by atoms with Gasteiger partial charge in [0.25, 0.3) is 0 Å². The summed E-state index contributed by atoms with van der Waals surface area (Å²) in [6, 6.07) is 5.72. The molecular weight excluding hydrogens is 242 g/mol. The molecule has 0 bridgehead atoms. The summed E-state index contributed by atoms with van der Waals surface area (Å²) in [4.78, 5) is 11.2. The Morgan fingerprint density at radius 3 is 2.63 bits per heavy atom. The highest BCUT2D eigenvalue weighted by molar-refractivity contribution is 5.90. The summed E-state index contributed by atoms with van der Waals surface area (Å²) in [5.74, 6) is 0.547. The average molecular weight is 265 g/mol. The van der Waals surface area contributed by atoms with Crippen LogP contribution >= 0.6 is 0 Å². The van der Waals surface area contributed by atoms with Crippen LogP contribution in [0.1, 0.15) is 39.7 Å². The monoisotopic (exact) mass is 265 g/mol. The first-order valence-corrected chi connectivity index (χ1v) is 6.57. The highest BCUT2D eigenvalue weighted by atomic mass is 16.5. The zero-order valence-electron chi connectivity index (χ0n) is 12.1. The number of anilines is 1. The van der Waals surface area contributed by atoms with Crippen LogP contribution in [0.2, 0.25) is 0 Å². The molecule has 4 nitrogen and oxygen atoms in total. The maximum Gasteiger partial charge on any atom is 0.221 e. The highest BCUT2D eigenvalue weighted by Crippen LogP contribution is 2.27. The molecule has 0 heterocycles. The number of hydrogen-bond acceptors (Lipinski definition) is 3. The van der Waals surface area contributed by atoms with Crippen LogP contribution in [-0.4, -0.2) is 23.2 Å². The van der Waals surface area contributed by atoms with E-state index in [-0.39, 0.29) is 5.91 Å². The van der Waals surface area contributed by atoms with E-state index in [0.29, 0.717) is 24.5 Å². The molecule has 0 unspecified atom stereocenters. The van der Waals surface area contributed by atoms with Gasteiger partial charge in [-0.2, -0.15) is 0 Å². The quantitative estimate of drug-likeness (QED) is 0.831. The van der Waals surface area contributed by atoms with Gasteiger partial charge in [-0.3, -0.25) is 4.79 Å². The molecule has 19 heavy (non-hydrogen) atoms. The van der Waals surface area contributed by atoms with Crippen LogP contribution in [-0.2, 0) is 11.2 Å². The number of benzene rings is 1. The van der Waals surface area contributed by atoms with Crippen LogP contribution in [0, 0.1) is 0 Å². The van der Waals surface area contributed by atoms with Gasteiger partial charge in [-0.15, -0.1) is 0 Å². The van der Waals surface area contributed by atoms with Crippen molar-refractivity contribution in [2.75, 3.05) is 11.9 Å². The smallest absolute Gasteiger partial charge is 0.221 e. The molecule has 0 radical (unpaired) electrons. The van der Waals surface area contributed by atoms with Crippen molar-refractivity contribution in [1.29, 1.82) is 0 Å². The zero-order chi connectivity index (χ0) is 14.5. The van der Waals surface area contributed by atoms with Crippen LogP contribution in [0.4, 0.5) is 5.69 Å². The van der Waals surface area contributed by atoms with Gasteiger partial charge in [0, 0.05) is 6.92 Å². The van der Waals surface area contributed by atoms with Gasteiger partial charge in [0.05, 0.1) is 17.9 Å². The van der Waals surface area contributed by atoms with Crippen LogP contribution in [0.5, 0.6) is 5.75 Å². The van der Waals surface area contributed by atoms with Crippen LogP contribution < -0.4 is 10.1 Å². The van der Waals surface area contributed by atoms with E-state index in [9.17, 15) is 9.90 Å². The Morgan fingerprint density at radius 1 is 1.42 bits per heavy atom. The van der Waals surface area contributed by atoms with E-state index < -0.39 is 5.60 Å². The lowest BCUT2D eigenvalue weighted by atomic mass is 9.98. The second kappa shape index (κ2) is 6.57. The van der Waals surface area contributed by atoms with Crippen molar-refractivity contribution >= 4 is 11.6 Å². The maximum atomic E-state index is 11.2. The van der Waals surface area contributed by atoms with Crippen molar-refractivity contribution in [2.24, 2.45) is 0 Å². The van der Waals surface area contributed by atoms with E-state index in [2.05, 4.69) is 5.32 Å². The molecule has 0 saturated carbocycles. The number of rotatable bonds is 6. The topological polar surface area (TPSA) is 58.6 Å². The van der Waals surface area contributed by atoms with Crippen molar-refractivity contribution in [2.45, 2.75) is 46.1 Å². The van der Waals surface area contributed by atoms with Gasteiger partial charge < -0.3 is 15.2 Å². The summed E-state index contributed by atoms with van der Waals surface area (Å²) in [5.41, 5.74) is 1.06. The van der Waals surface area contributed by atoms with Crippen molar-refractivity contribution in [3.63, 3.8) is 0 Å². The number of carbonyl (C=O) groups excluding carboxylic acids is 1. The van der Waals surface area contributed by atoms with Crippen LogP contribution in [0.25, 0.3) is 0 Å². The molecule has 1 amide bonds. The molecule has 1 aromatic rings. The third-order valence-electron chi connectivity index (χ3n) is 2.68. The largest absolute Gasteiger partial charge is 0.492 e. The number of aryl methyl sites for hydroxylation is 1. The molecule has 0 aromatic heterocycles. The van der Waals surface area contributed by atoms with Gasteiger partial charge >= 0.3 is 0 Å². The lowest BCUT2D eigenvalue weighted by Gasteiger charge is -2.17. The van der Waals surface area contributed by atoms with E-state index >= 15 is 0 Å². The Hall–Kier alpha value is -1.55. The molecule has 0 spiro atoms. The number of amides is 1. The zero-order valence-corrected chi connectivity index (χ0v) is 12.1. The fourth-order valence-electron chi connectivity index (χ4n) is 1.75. The number of ether oxygens (including phenoxy) is 1. The molecule has 1 aromatic carbocycles. The summed E-state index contributed by atoms with van der Waals surface area (Å²) in [6.07, 6.45) is 1.42. The third-order valence-corrected chi connectivity index (χ3v) is 2.68. The standard InChI is InChI=1S/C15H23NO3/c1-5-19-14-7-6-12(8-9-15(3,4)18)10-13(14)16-11(2)17/h6-7,10,18H,5,8-9H2,1-4H3,(H,16,17). The van der Waals surface area contributed by atoms with Crippen LogP contribution in [0.15, 0.2) is 18.2 Å².